The highest BCUT2D eigenvalue weighted by molar-refractivity contribution is 7.80. The second kappa shape index (κ2) is 9.34. The first-order chi connectivity index (χ1) is 14.0. The maximum atomic E-state index is 12.0. The van der Waals surface area contributed by atoms with Crippen molar-refractivity contribution in [1.82, 2.24) is 5.32 Å². The van der Waals surface area contributed by atoms with Crippen molar-refractivity contribution in [3.05, 3.63) is 101 Å². The van der Waals surface area contributed by atoms with E-state index in [0.717, 1.165) is 22.4 Å². The van der Waals surface area contributed by atoms with Gasteiger partial charge in [-0.3, -0.25) is 0 Å². The van der Waals surface area contributed by atoms with Gasteiger partial charge in [-0.1, -0.05) is 66.2 Å². The van der Waals surface area contributed by atoms with E-state index in [2.05, 4.69) is 47.9 Å². The summed E-state index contributed by atoms with van der Waals surface area (Å²) in [4.78, 5) is 12.0. The number of hydrogen-bond donors (Lipinski definition) is 2. The number of carbonyl (C=O) groups is 1. The second-order valence-corrected chi connectivity index (χ2v) is 7.23. The monoisotopic (exact) mass is 404 g/mol. The Kier molecular flexibility index (Phi) is 6.62. The molecule has 0 saturated carbocycles. The van der Waals surface area contributed by atoms with Gasteiger partial charge in [0.25, 0.3) is 0 Å². The van der Waals surface area contributed by atoms with Gasteiger partial charge in [-0.05, 0) is 54.9 Å². The van der Waals surface area contributed by atoms with Crippen molar-refractivity contribution in [2.24, 2.45) is 0 Å². The maximum absolute atomic E-state index is 12.0. The molecule has 5 heteroatoms. The van der Waals surface area contributed by atoms with Crippen LogP contribution >= 0.6 is 12.2 Å². The highest BCUT2D eigenvalue weighted by atomic mass is 32.1. The minimum atomic E-state index is -0.369. The van der Waals surface area contributed by atoms with E-state index in [1.54, 1.807) is 12.1 Å². The molecule has 0 aliphatic carbocycles. The van der Waals surface area contributed by atoms with Gasteiger partial charge in [0.1, 0.15) is 0 Å². The van der Waals surface area contributed by atoms with E-state index >= 15 is 0 Å². The van der Waals surface area contributed by atoms with Crippen LogP contribution in [0.2, 0.25) is 0 Å². The van der Waals surface area contributed by atoms with Crippen LogP contribution in [0.1, 0.15) is 38.7 Å². The number of aryl methyl sites for hydroxylation is 1. The van der Waals surface area contributed by atoms with E-state index in [-0.39, 0.29) is 12.0 Å². The highest BCUT2D eigenvalue weighted by Crippen LogP contribution is 2.24. The lowest BCUT2D eigenvalue weighted by molar-refractivity contribution is 0.0600. The molecule has 0 amide bonds. The lowest BCUT2D eigenvalue weighted by atomic mass is 9.97. The third-order valence-corrected chi connectivity index (χ3v) is 4.99. The number of thiocarbonyl (C=S) groups is 1. The van der Waals surface area contributed by atoms with Gasteiger partial charge in [-0.2, -0.15) is 0 Å². The molecule has 0 saturated heterocycles. The first kappa shape index (κ1) is 20.6. The second-order valence-electron chi connectivity index (χ2n) is 6.83. The Labute approximate surface area is 176 Å². The zero-order chi connectivity index (χ0) is 20.8. The summed E-state index contributed by atoms with van der Waals surface area (Å²) in [6.07, 6.45) is 0. The molecule has 0 bridgehead atoms. The van der Waals surface area contributed by atoms with E-state index < -0.39 is 0 Å². The van der Waals surface area contributed by atoms with Crippen LogP contribution in [-0.4, -0.2) is 18.2 Å². The molecule has 148 valence electrons. The van der Waals surface area contributed by atoms with Gasteiger partial charge in [-0.15, -0.1) is 0 Å². The lowest BCUT2D eigenvalue weighted by Gasteiger charge is -2.23. The Hall–Kier alpha value is -3.18. The van der Waals surface area contributed by atoms with Crippen LogP contribution in [0.25, 0.3) is 0 Å². The fraction of sp³-hybridized carbons (Fsp3) is 0.167. The number of ether oxygens (including phenoxy) is 1. The maximum Gasteiger partial charge on any atom is 0.338 e. The molecule has 0 heterocycles. The Morgan fingerprint density at radius 3 is 2.31 bits per heavy atom. The Morgan fingerprint density at radius 1 is 0.931 bits per heavy atom. The summed E-state index contributed by atoms with van der Waals surface area (Å²) < 4.78 is 4.85. The van der Waals surface area contributed by atoms with Gasteiger partial charge >= 0.3 is 5.97 Å². The quantitative estimate of drug-likeness (QED) is 0.454. The summed E-state index contributed by atoms with van der Waals surface area (Å²) in [5.41, 5.74) is 5.49. The van der Waals surface area contributed by atoms with Gasteiger partial charge in [0, 0.05) is 5.69 Å². The van der Waals surface area contributed by atoms with E-state index in [1.165, 1.54) is 12.7 Å². The van der Waals surface area contributed by atoms with E-state index in [0.29, 0.717) is 10.7 Å². The molecule has 4 nitrogen and oxygen atoms in total. The van der Waals surface area contributed by atoms with Gasteiger partial charge in [0.2, 0.25) is 0 Å². The minimum absolute atomic E-state index is 0.0970. The average molecular weight is 405 g/mol. The largest absolute Gasteiger partial charge is 0.465 e. The molecule has 1 atom stereocenters. The molecule has 3 aromatic rings. The number of rotatable bonds is 5. The summed E-state index contributed by atoms with van der Waals surface area (Å²) in [6.45, 7) is 3.94. The van der Waals surface area contributed by atoms with Crippen molar-refractivity contribution < 1.29 is 9.53 Å². The fourth-order valence-electron chi connectivity index (χ4n) is 3.25. The van der Waals surface area contributed by atoms with E-state index in [4.69, 9.17) is 17.0 Å². The number of anilines is 1. The predicted molar refractivity (Wildman–Crippen MR) is 121 cm³/mol. The lowest BCUT2D eigenvalue weighted by Crippen LogP contribution is -2.33. The molecule has 0 aliphatic heterocycles. The first-order valence-electron chi connectivity index (χ1n) is 9.36. The zero-order valence-electron chi connectivity index (χ0n) is 16.7. The molecular formula is C24H24N2O2S. The van der Waals surface area contributed by atoms with Crippen LogP contribution in [0.5, 0.6) is 0 Å². The number of nitrogens with one attached hydrogen (secondary N) is 2. The number of carbonyl (C=O) groups excluding carboxylic acids is 1. The smallest absolute Gasteiger partial charge is 0.338 e. The third kappa shape index (κ3) is 5.00. The molecular weight excluding hydrogens is 380 g/mol. The molecule has 29 heavy (non-hydrogen) atoms. The van der Waals surface area contributed by atoms with Crippen molar-refractivity contribution in [3.63, 3.8) is 0 Å². The Bertz CT molecular complexity index is 1020. The number of benzene rings is 3. The van der Waals surface area contributed by atoms with Crippen molar-refractivity contribution >= 4 is 29.0 Å². The number of methoxy groups -OCH3 is 1. The van der Waals surface area contributed by atoms with Crippen molar-refractivity contribution in [1.29, 1.82) is 0 Å². The summed E-state index contributed by atoms with van der Waals surface area (Å²) >= 11 is 5.60. The standard InChI is InChI=1S/C24H24N2O2S/c1-16-9-7-12-19(15-16)22(18-10-5-4-6-11-18)26-24(29)25-21-14-8-13-20(17(21)2)23(27)28-3/h4-15,22H,1-3H3,(H2,25,26,29)/t22-/m0/s1. The van der Waals surface area contributed by atoms with Crippen molar-refractivity contribution in [2.75, 3.05) is 12.4 Å². The van der Waals surface area contributed by atoms with Crippen LogP contribution in [0.3, 0.4) is 0 Å². The Balaban J connectivity index is 1.86. The third-order valence-electron chi connectivity index (χ3n) is 4.77. The van der Waals surface area contributed by atoms with Crippen molar-refractivity contribution in [3.8, 4) is 0 Å². The van der Waals surface area contributed by atoms with Crippen LogP contribution in [0, 0.1) is 13.8 Å². The van der Waals surface area contributed by atoms with Crippen LogP contribution < -0.4 is 10.6 Å². The normalized spacial score (nSPS) is 11.4. The van der Waals surface area contributed by atoms with Gasteiger partial charge in [0.05, 0.1) is 18.7 Å². The van der Waals surface area contributed by atoms with Gasteiger partial charge in [0.15, 0.2) is 5.11 Å². The predicted octanol–water partition coefficient (Wildman–Crippen LogP) is 5.17. The topological polar surface area (TPSA) is 50.4 Å². The summed E-state index contributed by atoms with van der Waals surface area (Å²) in [6, 6.07) is 23.9. The van der Waals surface area contributed by atoms with Crippen LogP contribution in [0.15, 0.2) is 72.8 Å². The first-order valence-corrected chi connectivity index (χ1v) is 9.77. The van der Waals surface area contributed by atoms with Crippen molar-refractivity contribution in [2.45, 2.75) is 19.9 Å². The van der Waals surface area contributed by atoms with Crippen LogP contribution in [0.4, 0.5) is 5.69 Å². The Morgan fingerprint density at radius 2 is 1.62 bits per heavy atom. The minimum Gasteiger partial charge on any atom is -0.465 e. The molecule has 0 spiro atoms. The number of esters is 1. The summed E-state index contributed by atoms with van der Waals surface area (Å²) in [5.74, 6) is -0.369. The molecule has 0 fully saturated rings. The van der Waals surface area contributed by atoms with Gasteiger partial charge in [-0.25, -0.2) is 4.79 Å². The van der Waals surface area contributed by atoms with E-state index in [9.17, 15) is 4.79 Å². The van der Waals surface area contributed by atoms with E-state index in [1.807, 2.05) is 37.3 Å². The highest BCUT2D eigenvalue weighted by Gasteiger charge is 2.17. The molecule has 3 aromatic carbocycles. The average Bonchev–Trinajstić information content (AvgIpc) is 2.73. The molecule has 0 aliphatic rings. The summed E-state index contributed by atoms with van der Waals surface area (Å²) in [5, 5.41) is 7.12. The molecule has 3 rings (SSSR count). The summed E-state index contributed by atoms with van der Waals surface area (Å²) in [7, 11) is 1.38. The van der Waals surface area contributed by atoms with Crippen LogP contribution in [-0.2, 0) is 4.74 Å². The zero-order valence-corrected chi connectivity index (χ0v) is 17.5. The molecule has 0 radical (unpaired) electrons. The molecule has 0 aromatic heterocycles. The van der Waals surface area contributed by atoms with Gasteiger partial charge < -0.3 is 15.4 Å². The number of hydrogen-bond acceptors (Lipinski definition) is 3. The molecule has 0 unspecified atom stereocenters. The fourth-order valence-corrected chi connectivity index (χ4v) is 3.47. The molecule has 2 N–H and O–H groups in total. The SMILES string of the molecule is COC(=O)c1cccc(NC(=S)N[C@@H](c2ccccc2)c2cccc(C)c2)c1C.